The Morgan fingerprint density at radius 3 is 2.92 bits per heavy atom. The first-order valence-electron chi connectivity index (χ1n) is 8.47. The third kappa shape index (κ3) is 2.60. The summed E-state index contributed by atoms with van der Waals surface area (Å²) in [5.74, 6) is 1.46. The van der Waals surface area contributed by atoms with E-state index in [1.807, 2.05) is 36.9 Å². The molecule has 0 radical (unpaired) electrons. The Bertz CT molecular complexity index is 769. The summed E-state index contributed by atoms with van der Waals surface area (Å²) < 4.78 is 10.8. The van der Waals surface area contributed by atoms with Crippen molar-refractivity contribution in [2.45, 2.75) is 51.9 Å². The number of hydrogen-bond donors (Lipinski definition) is 0. The molecule has 1 fully saturated rings. The monoisotopic (exact) mass is 327 g/mol. The Balaban J connectivity index is 1.58. The van der Waals surface area contributed by atoms with E-state index < -0.39 is 0 Å². The average Bonchev–Trinajstić information content (AvgIpc) is 3.31. The molecule has 1 amide bonds. The van der Waals surface area contributed by atoms with Crippen LogP contribution in [0.3, 0.4) is 0 Å². The highest BCUT2D eigenvalue weighted by Gasteiger charge is 2.34. The van der Waals surface area contributed by atoms with Crippen LogP contribution >= 0.6 is 0 Å². The van der Waals surface area contributed by atoms with Crippen LogP contribution in [0.15, 0.2) is 22.7 Å². The summed E-state index contributed by atoms with van der Waals surface area (Å²) in [5.41, 5.74) is 2.99. The van der Waals surface area contributed by atoms with E-state index in [0.717, 1.165) is 24.9 Å². The van der Waals surface area contributed by atoms with Gasteiger partial charge in [0, 0.05) is 18.0 Å². The number of hydrogen-bond acceptors (Lipinski definition) is 5. The number of carbonyl (C=O) groups excluding carboxylic acids is 1. The van der Waals surface area contributed by atoms with E-state index in [9.17, 15) is 4.79 Å². The molecule has 24 heavy (non-hydrogen) atoms. The van der Waals surface area contributed by atoms with E-state index in [2.05, 4.69) is 10.1 Å². The molecule has 1 aromatic heterocycles. The van der Waals surface area contributed by atoms with Crippen LogP contribution in [0.25, 0.3) is 0 Å². The van der Waals surface area contributed by atoms with Crippen molar-refractivity contribution < 1.29 is 14.1 Å². The van der Waals surface area contributed by atoms with Crippen molar-refractivity contribution in [3.8, 4) is 0 Å². The molecule has 6 nitrogen and oxygen atoms in total. The number of amides is 1. The first-order chi connectivity index (χ1) is 11.6. The summed E-state index contributed by atoms with van der Waals surface area (Å²) in [7, 11) is 0. The minimum absolute atomic E-state index is 0.0306. The fraction of sp³-hybridized carbons (Fsp3) is 0.500. The quantitative estimate of drug-likeness (QED) is 0.866. The maximum Gasteiger partial charge on any atom is 0.254 e. The van der Waals surface area contributed by atoms with Gasteiger partial charge in [0.05, 0.1) is 19.3 Å². The second kappa shape index (κ2) is 6.02. The van der Waals surface area contributed by atoms with Crippen molar-refractivity contribution in [2.75, 3.05) is 6.54 Å². The predicted molar refractivity (Wildman–Crippen MR) is 86.3 cm³/mol. The van der Waals surface area contributed by atoms with Gasteiger partial charge in [-0.1, -0.05) is 25.1 Å². The topological polar surface area (TPSA) is 68.5 Å². The van der Waals surface area contributed by atoms with E-state index in [0.29, 0.717) is 30.5 Å². The van der Waals surface area contributed by atoms with Crippen LogP contribution in [-0.4, -0.2) is 27.5 Å². The molecule has 4 rings (SSSR count). The van der Waals surface area contributed by atoms with Gasteiger partial charge < -0.3 is 14.2 Å². The number of nitrogens with zero attached hydrogens (tertiary/aromatic N) is 3. The fourth-order valence-corrected chi connectivity index (χ4v) is 3.37. The molecule has 2 aliphatic heterocycles. The smallest absolute Gasteiger partial charge is 0.254 e. The van der Waals surface area contributed by atoms with Gasteiger partial charge >= 0.3 is 0 Å². The van der Waals surface area contributed by atoms with Crippen molar-refractivity contribution in [1.29, 1.82) is 0 Å². The number of ether oxygens (including phenoxy) is 1. The van der Waals surface area contributed by atoms with Crippen molar-refractivity contribution >= 4 is 5.91 Å². The summed E-state index contributed by atoms with van der Waals surface area (Å²) in [6.45, 7) is 5.98. The largest absolute Gasteiger partial charge is 0.372 e. The molecule has 3 heterocycles. The molecule has 0 spiro atoms. The van der Waals surface area contributed by atoms with Crippen molar-refractivity contribution in [1.82, 2.24) is 15.0 Å². The third-order valence-electron chi connectivity index (χ3n) is 4.73. The van der Waals surface area contributed by atoms with Gasteiger partial charge in [-0.2, -0.15) is 4.98 Å². The highest BCUT2D eigenvalue weighted by atomic mass is 16.5. The van der Waals surface area contributed by atoms with E-state index in [1.54, 1.807) is 0 Å². The molecule has 1 aromatic carbocycles. The summed E-state index contributed by atoms with van der Waals surface area (Å²) in [6, 6.07) is 5.74. The molecular formula is C18H21N3O3. The van der Waals surface area contributed by atoms with Crippen LogP contribution < -0.4 is 0 Å². The van der Waals surface area contributed by atoms with Gasteiger partial charge in [-0.25, -0.2) is 0 Å². The lowest BCUT2D eigenvalue weighted by atomic mass is 10.1. The normalized spacial score (nSPS) is 20.0. The summed E-state index contributed by atoms with van der Waals surface area (Å²) in [6.07, 6.45) is 1.83. The molecule has 1 saturated heterocycles. The molecule has 1 unspecified atom stereocenters. The second-order valence-electron chi connectivity index (χ2n) is 6.78. The lowest BCUT2D eigenvalue weighted by Gasteiger charge is -2.22. The SMILES string of the molecule is CC(C)c1nc(C2CCCN2C(=O)c2ccc3c(c2)COC3)no1. The van der Waals surface area contributed by atoms with Crippen LogP contribution in [0.1, 0.15) is 71.8 Å². The van der Waals surface area contributed by atoms with Gasteiger partial charge in [0.15, 0.2) is 5.82 Å². The van der Waals surface area contributed by atoms with E-state index in [-0.39, 0.29) is 17.9 Å². The molecule has 0 N–H and O–H groups in total. The Morgan fingerprint density at radius 1 is 1.29 bits per heavy atom. The zero-order valence-corrected chi connectivity index (χ0v) is 14.0. The van der Waals surface area contributed by atoms with Crippen LogP contribution in [0.5, 0.6) is 0 Å². The van der Waals surface area contributed by atoms with Crippen molar-refractivity contribution in [3.05, 3.63) is 46.6 Å². The molecule has 126 valence electrons. The predicted octanol–water partition coefficient (Wildman–Crippen LogP) is 3.20. The van der Waals surface area contributed by atoms with Crippen LogP contribution in [0, 0.1) is 0 Å². The van der Waals surface area contributed by atoms with Crippen molar-refractivity contribution in [3.63, 3.8) is 0 Å². The summed E-state index contributed by atoms with van der Waals surface area (Å²) in [5, 5.41) is 4.10. The fourth-order valence-electron chi connectivity index (χ4n) is 3.37. The number of fused-ring (bicyclic) bond motifs is 1. The van der Waals surface area contributed by atoms with E-state index in [4.69, 9.17) is 9.26 Å². The Morgan fingerprint density at radius 2 is 2.12 bits per heavy atom. The summed E-state index contributed by atoms with van der Waals surface area (Å²) in [4.78, 5) is 19.3. The number of rotatable bonds is 3. The number of benzene rings is 1. The molecule has 1 atom stereocenters. The maximum atomic E-state index is 13.0. The number of carbonyl (C=O) groups is 1. The first-order valence-corrected chi connectivity index (χ1v) is 8.47. The standard InChI is InChI=1S/C18H21N3O3/c1-11(2)17-19-16(20-24-17)15-4-3-7-21(15)18(22)12-5-6-13-9-23-10-14(13)8-12/h5-6,8,11,15H,3-4,7,9-10H2,1-2H3. The Kier molecular flexibility index (Phi) is 3.84. The lowest BCUT2D eigenvalue weighted by molar-refractivity contribution is 0.0728. The number of likely N-dealkylation sites (tertiary alicyclic amines) is 1. The molecule has 2 aromatic rings. The van der Waals surface area contributed by atoms with Crippen molar-refractivity contribution in [2.24, 2.45) is 0 Å². The van der Waals surface area contributed by atoms with E-state index >= 15 is 0 Å². The average molecular weight is 327 g/mol. The molecule has 6 heteroatoms. The van der Waals surface area contributed by atoms with Crippen LogP contribution in [0.2, 0.25) is 0 Å². The van der Waals surface area contributed by atoms with Crippen LogP contribution in [-0.2, 0) is 18.0 Å². The van der Waals surface area contributed by atoms with Gasteiger partial charge in [-0.15, -0.1) is 0 Å². The van der Waals surface area contributed by atoms with Gasteiger partial charge in [0.25, 0.3) is 5.91 Å². The summed E-state index contributed by atoms with van der Waals surface area (Å²) >= 11 is 0. The minimum atomic E-state index is -0.0988. The maximum absolute atomic E-state index is 13.0. The highest BCUT2D eigenvalue weighted by molar-refractivity contribution is 5.95. The van der Waals surface area contributed by atoms with Crippen LogP contribution in [0.4, 0.5) is 0 Å². The van der Waals surface area contributed by atoms with Gasteiger partial charge in [-0.05, 0) is 36.1 Å². The molecule has 0 saturated carbocycles. The molecule has 2 aliphatic rings. The molecule has 0 bridgehead atoms. The Labute approximate surface area is 140 Å². The highest BCUT2D eigenvalue weighted by Crippen LogP contribution is 2.33. The second-order valence-corrected chi connectivity index (χ2v) is 6.78. The van der Waals surface area contributed by atoms with E-state index in [1.165, 1.54) is 5.56 Å². The zero-order valence-electron chi connectivity index (χ0n) is 14.0. The molecule has 0 aliphatic carbocycles. The lowest BCUT2D eigenvalue weighted by Crippen LogP contribution is -2.31. The van der Waals surface area contributed by atoms with Gasteiger partial charge in [-0.3, -0.25) is 4.79 Å². The van der Waals surface area contributed by atoms with Gasteiger partial charge in [0.1, 0.15) is 0 Å². The Hall–Kier alpha value is -2.21. The first kappa shape index (κ1) is 15.3. The number of aromatic nitrogens is 2. The van der Waals surface area contributed by atoms with Gasteiger partial charge in [0.2, 0.25) is 5.89 Å². The molecular weight excluding hydrogens is 306 g/mol. The minimum Gasteiger partial charge on any atom is -0.372 e. The zero-order chi connectivity index (χ0) is 16.7. The third-order valence-corrected chi connectivity index (χ3v) is 4.73.